The van der Waals surface area contributed by atoms with Gasteiger partial charge in [-0.3, -0.25) is 4.79 Å². The van der Waals surface area contributed by atoms with Crippen LogP contribution in [0.3, 0.4) is 0 Å². The second-order valence-corrected chi connectivity index (χ2v) is 5.58. The van der Waals surface area contributed by atoms with Crippen LogP contribution in [0, 0.1) is 5.41 Å². The van der Waals surface area contributed by atoms with Crippen molar-refractivity contribution in [3.8, 4) is 0 Å². The van der Waals surface area contributed by atoms with Gasteiger partial charge in [-0.1, -0.05) is 13.8 Å². The summed E-state index contributed by atoms with van der Waals surface area (Å²) in [6, 6.07) is 0. The molecule has 0 aliphatic carbocycles. The molecule has 1 saturated heterocycles. The summed E-state index contributed by atoms with van der Waals surface area (Å²) in [5.74, 6) is 0.133. The molecule has 100 valence electrons. The molecular weight excluding hydrogens is 216 g/mol. The molecule has 4 nitrogen and oxygen atoms in total. The minimum absolute atomic E-state index is 0.0274. The van der Waals surface area contributed by atoms with Crippen LogP contribution in [0.2, 0.25) is 0 Å². The average molecular weight is 242 g/mol. The smallest absolute Gasteiger partial charge is 0.251 e. The summed E-state index contributed by atoms with van der Waals surface area (Å²) in [6.07, 6.45) is 2.80. The first-order chi connectivity index (χ1) is 8.00. The molecule has 1 heterocycles. The molecule has 2 N–H and O–H groups in total. The Morgan fingerprint density at radius 2 is 2.18 bits per heavy atom. The first-order valence-corrected chi connectivity index (χ1v) is 6.60. The fraction of sp³-hybridized carbons (Fsp3) is 0.923. The van der Waals surface area contributed by atoms with E-state index in [1.165, 1.54) is 0 Å². The number of likely N-dealkylation sites (N-methyl/N-ethyl adjacent to an activating group) is 1. The topological polar surface area (TPSA) is 55.6 Å². The highest BCUT2D eigenvalue weighted by Gasteiger charge is 2.29. The van der Waals surface area contributed by atoms with Gasteiger partial charge in [0.15, 0.2) is 0 Å². The highest BCUT2D eigenvalue weighted by molar-refractivity contribution is 5.81. The number of amides is 1. The van der Waals surface area contributed by atoms with Crippen molar-refractivity contribution in [2.75, 3.05) is 26.2 Å². The summed E-state index contributed by atoms with van der Waals surface area (Å²) in [5, 5.41) is 0. The molecular formula is C13H26N2O2. The van der Waals surface area contributed by atoms with E-state index in [9.17, 15) is 4.79 Å². The molecule has 1 amide bonds. The van der Waals surface area contributed by atoms with Gasteiger partial charge >= 0.3 is 0 Å². The zero-order chi connectivity index (χ0) is 12.9. The lowest BCUT2D eigenvalue weighted by Crippen LogP contribution is -2.47. The summed E-state index contributed by atoms with van der Waals surface area (Å²) in [6.45, 7) is 8.92. The zero-order valence-corrected chi connectivity index (χ0v) is 11.4. The van der Waals surface area contributed by atoms with Crippen LogP contribution in [0.5, 0.6) is 0 Å². The fourth-order valence-corrected chi connectivity index (χ4v) is 2.07. The maximum Gasteiger partial charge on any atom is 0.251 e. The van der Waals surface area contributed by atoms with Crippen LogP contribution in [0.15, 0.2) is 0 Å². The maximum atomic E-state index is 12.3. The van der Waals surface area contributed by atoms with Gasteiger partial charge in [-0.15, -0.1) is 0 Å². The molecule has 0 saturated carbocycles. The lowest BCUT2D eigenvalue weighted by atomic mass is 9.92. The Kier molecular flexibility index (Phi) is 5.40. The van der Waals surface area contributed by atoms with E-state index in [0.717, 1.165) is 25.8 Å². The number of carbonyl (C=O) groups is 1. The lowest BCUT2D eigenvalue weighted by molar-refractivity contribution is -0.147. The van der Waals surface area contributed by atoms with Crippen LogP contribution in [0.4, 0.5) is 0 Å². The van der Waals surface area contributed by atoms with E-state index in [4.69, 9.17) is 10.5 Å². The van der Waals surface area contributed by atoms with Crippen LogP contribution < -0.4 is 5.73 Å². The zero-order valence-electron chi connectivity index (χ0n) is 11.4. The van der Waals surface area contributed by atoms with Crippen LogP contribution in [-0.2, 0) is 9.53 Å². The van der Waals surface area contributed by atoms with E-state index < -0.39 is 0 Å². The molecule has 1 aliphatic rings. The standard InChI is InChI=1S/C13H26N2O2/c1-4-15(10-13(2,3)9-14)12(16)11-7-5-6-8-17-11/h11H,4-10,14H2,1-3H3. The largest absolute Gasteiger partial charge is 0.368 e. The van der Waals surface area contributed by atoms with Gasteiger partial charge in [0.1, 0.15) is 6.10 Å². The molecule has 1 atom stereocenters. The van der Waals surface area contributed by atoms with Gasteiger partial charge in [-0.2, -0.15) is 0 Å². The molecule has 1 unspecified atom stereocenters. The van der Waals surface area contributed by atoms with Gasteiger partial charge in [0, 0.05) is 19.7 Å². The number of nitrogens with two attached hydrogens (primary N) is 1. The molecule has 1 rings (SSSR count). The second-order valence-electron chi connectivity index (χ2n) is 5.58. The number of ether oxygens (including phenoxy) is 1. The summed E-state index contributed by atoms with van der Waals surface area (Å²) < 4.78 is 5.55. The van der Waals surface area contributed by atoms with Crippen LogP contribution in [-0.4, -0.2) is 43.2 Å². The van der Waals surface area contributed by atoms with Gasteiger partial charge in [-0.25, -0.2) is 0 Å². The molecule has 0 radical (unpaired) electrons. The molecule has 17 heavy (non-hydrogen) atoms. The molecule has 0 aromatic carbocycles. The Bertz CT molecular complexity index is 248. The molecule has 0 spiro atoms. The first-order valence-electron chi connectivity index (χ1n) is 6.60. The molecule has 4 heteroatoms. The number of carbonyl (C=O) groups excluding carboxylic acids is 1. The third kappa shape index (κ3) is 4.28. The highest BCUT2D eigenvalue weighted by Crippen LogP contribution is 2.19. The molecule has 0 aromatic rings. The van der Waals surface area contributed by atoms with E-state index in [2.05, 4.69) is 13.8 Å². The van der Waals surface area contributed by atoms with Crippen molar-refractivity contribution in [3.63, 3.8) is 0 Å². The van der Waals surface area contributed by atoms with E-state index in [0.29, 0.717) is 19.7 Å². The second kappa shape index (κ2) is 6.36. The number of nitrogens with zero attached hydrogens (tertiary/aromatic N) is 1. The van der Waals surface area contributed by atoms with Gasteiger partial charge < -0.3 is 15.4 Å². The van der Waals surface area contributed by atoms with Crippen molar-refractivity contribution < 1.29 is 9.53 Å². The lowest BCUT2D eigenvalue weighted by Gasteiger charge is -2.34. The minimum atomic E-state index is -0.225. The molecule has 1 aliphatic heterocycles. The monoisotopic (exact) mass is 242 g/mol. The number of hydrogen-bond donors (Lipinski definition) is 1. The number of rotatable bonds is 5. The van der Waals surface area contributed by atoms with Crippen molar-refractivity contribution in [1.82, 2.24) is 4.90 Å². The van der Waals surface area contributed by atoms with Gasteiger partial charge in [0.25, 0.3) is 5.91 Å². The third-order valence-corrected chi connectivity index (χ3v) is 3.32. The Morgan fingerprint density at radius 3 is 2.65 bits per heavy atom. The van der Waals surface area contributed by atoms with Gasteiger partial charge in [0.05, 0.1) is 0 Å². The summed E-state index contributed by atoms with van der Waals surface area (Å²) in [5.41, 5.74) is 5.69. The van der Waals surface area contributed by atoms with E-state index in [1.807, 2.05) is 11.8 Å². The highest BCUT2D eigenvalue weighted by atomic mass is 16.5. The number of hydrogen-bond acceptors (Lipinski definition) is 3. The van der Waals surface area contributed by atoms with Crippen molar-refractivity contribution in [2.24, 2.45) is 11.1 Å². The normalized spacial score (nSPS) is 21.3. The third-order valence-electron chi connectivity index (χ3n) is 3.32. The van der Waals surface area contributed by atoms with Crippen molar-refractivity contribution in [2.45, 2.75) is 46.1 Å². The van der Waals surface area contributed by atoms with Gasteiger partial charge in [0.2, 0.25) is 0 Å². The van der Waals surface area contributed by atoms with E-state index >= 15 is 0 Å². The summed E-state index contributed by atoms with van der Waals surface area (Å²) in [4.78, 5) is 14.2. The van der Waals surface area contributed by atoms with Crippen LogP contribution in [0.25, 0.3) is 0 Å². The maximum absolute atomic E-state index is 12.3. The summed E-state index contributed by atoms with van der Waals surface area (Å²) in [7, 11) is 0. The predicted molar refractivity (Wildman–Crippen MR) is 68.7 cm³/mol. The SMILES string of the molecule is CCN(CC(C)(C)CN)C(=O)C1CCCCO1. The van der Waals surface area contributed by atoms with Crippen molar-refractivity contribution >= 4 is 5.91 Å². The Morgan fingerprint density at radius 1 is 1.47 bits per heavy atom. The average Bonchev–Trinajstić information content (AvgIpc) is 2.36. The first kappa shape index (κ1) is 14.5. The van der Waals surface area contributed by atoms with Crippen molar-refractivity contribution in [3.05, 3.63) is 0 Å². The van der Waals surface area contributed by atoms with Gasteiger partial charge in [-0.05, 0) is 38.1 Å². The Labute approximate surface area is 104 Å². The van der Waals surface area contributed by atoms with E-state index in [-0.39, 0.29) is 17.4 Å². The Hall–Kier alpha value is -0.610. The molecule has 1 fully saturated rings. The van der Waals surface area contributed by atoms with Crippen LogP contribution >= 0.6 is 0 Å². The molecule has 0 aromatic heterocycles. The predicted octanol–water partition coefficient (Wildman–Crippen LogP) is 1.39. The molecule has 0 bridgehead atoms. The van der Waals surface area contributed by atoms with Crippen LogP contribution in [0.1, 0.15) is 40.0 Å². The Balaban J connectivity index is 2.56. The van der Waals surface area contributed by atoms with E-state index in [1.54, 1.807) is 0 Å². The summed E-state index contributed by atoms with van der Waals surface area (Å²) >= 11 is 0. The minimum Gasteiger partial charge on any atom is -0.368 e. The quantitative estimate of drug-likeness (QED) is 0.792. The van der Waals surface area contributed by atoms with Crippen molar-refractivity contribution in [1.29, 1.82) is 0 Å². The fourth-order valence-electron chi connectivity index (χ4n) is 2.07.